The second kappa shape index (κ2) is 8.43. The summed E-state index contributed by atoms with van der Waals surface area (Å²) in [5.41, 5.74) is 6.39. The largest absolute Gasteiger partial charge is 0.491 e. The number of hydrogen-bond donors (Lipinski definition) is 2. The minimum absolute atomic E-state index is 0.364. The van der Waals surface area contributed by atoms with Gasteiger partial charge in [0.2, 0.25) is 0 Å². The molecule has 34 heavy (non-hydrogen) atoms. The van der Waals surface area contributed by atoms with E-state index in [1.54, 1.807) is 78.9 Å². The monoisotopic (exact) mass is 489 g/mol. The summed E-state index contributed by atoms with van der Waals surface area (Å²) in [6.45, 7) is 0. The normalized spacial score (nSPS) is 22.6. The lowest BCUT2D eigenvalue weighted by atomic mass is 9.81. The molecule has 0 aliphatic carbocycles. The quantitative estimate of drug-likeness (QED) is 0.428. The van der Waals surface area contributed by atoms with Gasteiger partial charge in [0, 0.05) is 17.6 Å². The molecule has 4 rings (SSSR count). The topological polar surface area (TPSA) is 84.7 Å². The van der Waals surface area contributed by atoms with Crippen LogP contribution in [0, 0.1) is 0 Å². The van der Waals surface area contributed by atoms with Crippen LogP contribution in [0.2, 0.25) is 5.02 Å². The summed E-state index contributed by atoms with van der Waals surface area (Å²) < 4.78 is 43.4. The molecule has 6 nitrogen and oxygen atoms in total. The van der Waals surface area contributed by atoms with E-state index in [1.807, 2.05) is 0 Å². The van der Waals surface area contributed by atoms with E-state index < -0.39 is 29.6 Å². The fourth-order valence-corrected chi connectivity index (χ4v) is 4.21. The first kappa shape index (κ1) is 23.7. The molecule has 3 aromatic rings. The van der Waals surface area contributed by atoms with Gasteiger partial charge < -0.3 is 4.74 Å². The Bertz CT molecular complexity index is 1250. The lowest BCUT2D eigenvalue weighted by Gasteiger charge is -2.32. The fraction of sp³-hybridized carbons (Fsp3) is 0.167. The van der Waals surface area contributed by atoms with Gasteiger partial charge in [-0.25, -0.2) is 10.1 Å². The summed E-state index contributed by atoms with van der Waals surface area (Å²) in [6.07, 6.45) is -5.31. The van der Waals surface area contributed by atoms with E-state index >= 15 is 0 Å². The van der Waals surface area contributed by atoms with Crippen LogP contribution in [-0.4, -0.2) is 36.0 Å². The lowest BCUT2D eigenvalue weighted by molar-refractivity contribution is -0.228. The Kier molecular flexibility index (Phi) is 5.89. The standard InChI is InChI=1S/C24H19ClF3N3O3/c1-31-20(32)22(16-9-3-2-4-10-16,30-24(31,29)34-21(33)23(26,27)28)17-11-7-8-15(14-17)18-12-5-6-13-19(18)25/h2-14,30H,29H2,1H3. The number of nitrogens with one attached hydrogen (secondary N) is 1. The summed E-state index contributed by atoms with van der Waals surface area (Å²) >= 11 is 6.34. The van der Waals surface area contributed by atoms with Crippen molar-refractivity contribution in [3.05, 3.63) is 95.0 Å². The zero-order valence-electron chi connectivity index (χ0n) is 17.8. The zero-order valence-corrected chi connectivity index (χ0v) is 18.5. The maximum atomic E-state index is 13.7. The molecule has 1 fully saturated rings. The average molecular weight is 490 g/mol. The van der Waals surface area contributed by atoms with Crippen LogP contribution in [0.5, 0.6) is 0 Å². The highest BCUT2D eigenvalue weighted by Crippen LogP contribution is 2.41. The van der Waals surface area contributed by atoms with Gasteiger partial charge in [-0.3, -0.25) is 15.4 Å². The van der Waals surface area contributed by atoms with Crippen molar-refractivity contribution < 1.29 is 27.5 Å². The SMILES string of the molecule is CN1C(=O)C(c2ccccc2)(c2cccc(-c3ccccc3Cl)c2)NC1(N)OC(=O)C(F)(F)F. The molecule has 0 spiro atoms. The second-order valence-electron chi connectivity index (χ2n) is 7.75. The van der Waals surface area contributed by atoms with E-state index in [9.17, 15) is 22.8 Å². The molecule has 3 aromatic carbocycles. The molecule has 2 atom stereocenters. The molecule has 2 unspecified atom stereocenters. The van der Waals surface area contributed by atoms with E-state index in [1.165, 1.54) is 0 Å². The van der Waals surface area contributed by atoms with Crippen LogP contribution in [0.25, 0.3) is 11.1 Å². The first-order chi connectivity index (χ1) is 16.0. The van der Waals surface area contributed by atoms with Gasteiger partial charge in [-0.1, -0.05) is 78.3 Å². The molecule has 1 amide bonds. The highest BCUT2D eigenvalue weighted by molar-refractivity contribution is 6.33. The molecule has 1 aliphatic heterocycles. The Morgan fingerprint density at radius 2 is 1.62 bits per heavy atom. The van der Waals surface area contributed by atoms with Crippen molar-refractivity contribution in [3.63, 3.8) is 0 Å². The van der Waals surface area contributed by atoms with E-state index in [4.69, 9.17) is 17.3 Å². The molecule has 0 radical (unpaired) electrons. The van der Waals surface area contributed by atoms with Crippen LogP contribution < -0.4 is 11.1 Å². The summed E-state index contributed by atoms with van der Waals surface area (Å²) in [5.74, 6) is -5.82. The summed E-state index contributed by atoms with van der Waals surface area (Å²) in [6, 6.07) is 22.2. The molecule has 0 bridgehead atoms. The second-order valence-corrected chi connectivity index (χ2v) is 8.16. The molecular formula is C24H19ClF3N3O3. The predicted octanol–water partition coefficient (Wildman–Crippen LogP) is 3.99. The van der Waals surface area contributed by atoms with Crippen molar-refractivity contribution in [2.75, 3.05) is 7.05 Å². The minimum Gasteiger partial charge on any atom is -0.404 e. The molecule has 3 N–H and O–H groups in total. The smallest absolute Gasteiger partial charge is 0.404 e. The molecule has 1 saturated heterocycles. The number of rotatable bonds is 4. The molecule has 10 heteroatoms. The van der Waals surface area contributed by atoms with E-state index in [-0.39, 0.29) is 0 Å². The maximum absolute atomic E-state index is 13.7. The number of amides is 1. The van der Waals surface area contributed by atoms with Gasteiger partial charge in [-0.15, -0.1) is 0 Å². The highest BCUT2D eigenvalue weighted by Gasteiger charge is 2.62. The highest BCUT2D eigenvalue weighted by atomic mass is 35.5. The summed E-state index contributed by atoms with van der Waals surface area (Å²) in [4.78, 5) is 26.0. The van der Waals surface area contributed by atoms with Gasteiger partial charge in [0.25, 0.3) is 5.91 Å². The third kappa shape index (κ3) is 3.91. The number of carbonyl (C=O) groups excluding carboxylic acids is 2. The first-order valence-electron chi connectivity index (χ1n) is 10.1. The van der Waals surface area contributed by atoms with Crippen molar-refractivity contribution >= 4 is 23.5 Å². The molecule has 1 heterocycles. The van der Waals surface area contributed by atoms with Crippen LogP contribution in [-0.2, 0) is 19.9 Å². The van der Waals surface area contributed by atoms with Crippen molar-refractivity contribution in [2.45, 2.75) is 17.7 Å². The van der Waals surface area contributed by atoms with E-state index in [0.717, 1.165) is 11.9 Å². The number of esters is 1. The van der Waals surface area contributed by atoms with Crippen LogP contribution >= 0.6 is 11.6 Å². The Balaban J connectivity index is 1.89. The Labute approximate surface area is 198 Å². The van der Waals surface area contributed by atoms with Crippen molar-refractivity contribution in [2.24, 2.45) is 5.73 Å². The lowest BCUT2D eigenvalue weighted by Crippen LogP contribution is -2.64. The van der Waals surface area contributed by atoms with Crippen molar-refractivity contribution in [3.8, 4) is 11.1 Å². The number of hydrogen-bond acceptors (Lipinski definition) is 5. The van der Waals surface area contributed by atoms with Crippen LogP contribution in [0.1, 0.15) is 11.1 Å². The Morgan fingerprint density at radius 3 is 2.26 bits per heavy atom. The number of benzene rings is 3. The Hall–Kier alpha value is -3.40. The zero-order chi connectivity index (χ0) is 24.7. The Morgan fingerprint density at radius 1 is 1.00 bits per heavy atom. The van der Waals surface area contributed by atoms with Crippen molar-refractivity contribution in [1.29, 1.82) is 0 Å². The molecule has 0 aromatic heterocycles. The molecule has 1 aliphatic rings. The molecule has 0 saturated carbocycles. The number of likely N-dealkylation sites (N-methyl/N-ethyl adjacent to an activating group) is 1. The third-order valence-electron chi connectivity index (χ3n) is 5.66. The number of halogens is 4. The average Bonchev–Trinajstić information content (AvgIpc) is 3.01. The minimum atomic E-state index is -5.31. The number of ether oxygens (including phenoxy) is 1. The van der Waals surface area contributed by atoms with Crippen LogP contribution in [0.4, 0.5) is 13.2 Å². The number of nitrogens with zero attached hydrogens (tertiary/aromatic N) is 1. The van der Waals surface area contributed by atoms with Gasteiger partial charge in [-0.05, 0) is 28.8 Å². The van der Waals surface area contributed by atoms with Gasteiger partial charge in [0.15, 0.2) is 5.54 Å². The predicted molar refractivity (Wildman–Crippen MR) is 119 cm³/mol. The van der Waals surface area contributed by atoms with E-state index in [0.29, 0.717) is 27.3 Å². The van der Waals surface area contributed by atoms with Crippen LogP contribution in [0.15, 0.2) is 78.9 Å². The molecule has 176 valence electrons. The maximum Gasteiger partial charge on any atom is 0.491 e. The van der Waals surface area contributed by atoms with Crippen molar-refractivity contribution in [1.82, 2.24) is 10.2 Å². The van der Waals surface area contributed by atoms with Gasteiger partial charge in [0.05, 0.1) is 0 Å². The summed E-state index contributed by atoms with van der Waals surface area (Å²) in [7, 11) is 1.15. The first-order valence-corrected chi connectivity index (χ1v) is 10.4. The van der Waals surface area contributed by atoms with Gasteiger partial charge in [-0.2, -0.15) is 13.2 Å². The summed E-state index contributed by atoms with van der Waals surface area (Å²) in [5, 5.41) is 3.16. The number of nitrogens with two attached hydrogens (primary N) is 1. The third-order valence-corrected chi connectivity index (χ3v) is 5.99. The van der Waals surface area contributed by atoms with Gasteiger partial charge >= 0.3 is 18.1 Å². The fourth-order valence-electron chi connectivity index (χ4n) is 3.96. The number of alkyl halides is 3. The van der Waals surface area contributed by atoms with E-state index in [2.05, 4.69) is 10.1 Å². The van der Waals surface area contributed by atoms with Gasteiger partial charge in [0.1, 0.15) is 0 Å². The number of carbonyl (C=O) groups is 2. The molecular weight excluding hydrogens is 471 g/mol. The van der Waals surface area contributed by atoms with Crippen LogP contribution in [0.3, 0.4) is 0 Å².